The van der Waals surface area contributed by atoms with Crippen molar-refractivity contribution < 1.29 is 14.3 Å². The number of benzene rings is 1. The van der Waals surface area contributed by atoms with E-state index in [-0.39, 0.29) is 10.9 Å². The molecule has 0 aliphatic rings. The minimum absolute atomic E-state index is 0.243. The third-order valence-electron chi connectivity index (χ3n) is 2.29. The number of hydrogen-bond donors (Lipinski definition) is 3. The maximum absolute atomic E-state index is 13.4. The molecule has 4 N–H and O–H groups in total. The summed E-state index contributed by atoms with van der Waals surface area (Å²) in [6, 6.07) is 3.27. The predicted octanol–water partition coefficient (Wildman–Crippen LogP) is 1.39. The highest BCUT2D eigenvalue weighted by molar-refractivity contribution is 5.89. The van der Waals surface area contributed by atoms with E-state index in [2.05, 4.69) is 4.98 Å². The lowest BCUT2D eigenvalue weighted by atomic mass is 10.1. The van der Waals surface area contributed by atoms with Crippen LogP contribution in [0.3, 0.4) is 0 Å². The Morgan fingerprint density at radius 1 is 1.53 bits per heavy atom. The Kier molecular flexibility index (Phi) is 2.17. The third kappa shape index (κ3) is 1.46. The summed E-state index contributed by atoms with van der Waals surface area (Å²) in [5.41, 5.74) is 6.23. The largest absolute Gasteiger partial charge is 0.480 e. The molecule has 1 heterocycles. The fourth-order valence-electron chi connectivity index (χ4n) is 1.54. The lowest BCUT2D eigenvalue weighted by Crippen LogP contribution is -2.20. The van der Waals surface area contributed by atoms with E-state index in [1.807, 2.05) is 0 Å². The maximum atomic E-state index is 13.4. The lowest BCUT2D eigenvalue weighted by Gasteiger charge is -2.04. The van der Waals surface area contributed by atoms with E-state index < -0.39 is 17.8 Å². The van der Waals surface area contributed by atoms with Crippen LogP contribution in [-0.2, 0) is 4.79 Å². The lowest BCUT2D eigenvalue weighted by molar-refractivity contribution is -0.138. The Morgan fingerprint density at radius 3 is 2.93 bits per heavy atom. The number of H-pyrrole nitrogens is 1. The zero-order valence-corrected chi connectivity index (χ0v) is 7.70. The number of halogens is 1. The summed E-state index contributed by atoms with van der Waals surface area (Å²) in [7, 11) is 0. The number of aromatic nitrogens is 1. The van der Waals surface area contributed by atoms with Gasteiger partial charge >= 0.3 is 5.97 Å². The molecule has 1 aromatic heterocycles. The molecule has 0 saturated heterocycles. The summed E-state index contributed by atoms with van der Waals surface area (Å²) in [6.45, 7) is 0. The molecule has 1 aromatic carbocycles. The quantitative estimate of drug-likeness (QED) is 0.697. The summed E-state index contributed by atoms with van der Waals surface area (Å²) in [4.78, 5) is 13.5. The molecule has 15 heavy (non-hydrogen) atoms. The van der Waals surface area contributed by atoms with Crippen molar-refractivity contribution in [2.45, 2.75) is 6.04 Å². The molecule has 4 nitrogen and oxygen atoms in total. The van der Waals surface area contributed by atoms with Crippen molar-refractivity contribution in [1.29, 1.82) is 0 Å². The summed E-state index contributed by atoms with van der Waals surface area (Å²) in [5.74, 6) is -1.65. The van der Waals surface area contributed by atoms with Crippen molar-refractivity contribution in [2.24, 2.45) is 5.73 Å². The normalized spacial score (nSPS) is 12.9. The van der Waals surface area contributed by atoms with Crippen molar-refractivity contribution in [2.75, 3.05) is 0 Å². The van der Waals surface area contributed by atoms with Crippen LogP contribution >= 0.6 is 0 Å². The molecule has 0 aliphatic heterocycles. The number of aromatic amines is 1. The van der Waals surface area contributed by atoms with Gasteiger partial charge in [-0.2, -0.15) is 0 Å². The number of fused-ring (bicyclic) bond motifs is 1. The van der Waals surface area contributed by atoms with Gasteiger partial charge in [-0.05, 0) is 12.1 Å². The van der Waals surface area contributed by atoms with Crippen LogP contribution < -0.4 is 5.73 Å². The van der Waals surface area contributed by atoms with Gasteiger partial charge in [-0.15, -0.1) is 0 Å². The highest BCUT2D eigenvalue weighted by Gasteiger charge is 2.19. The van der Waals surface area contributed by atoms with E-state index in [0.29, 0.717) is 5.52 Å². The Bertz CT molecular complexity index is 521. The van der Waals surface area contributed by atoms with Crippen LogP contribution in [-0.4, -0.2) is 16.1 Å². The number of aliphatic carboxylic acids is 1. The van der Waals surface area contributed by atoms with Crippen LogP contribution in [0.2, 0.25) is 0 Å². The number of nitrogens with one attached hydrogen (secondary N) is 1. The first kappa shape index (κ1) is 9.67. The molecule has 0 spiro atoms. The van der Waals surface area contributed by atoms with Gasteiger partial charge in [0.2, 0.25) is 0 Å². The molecule has 0 aliphatic carbocycles. The fraction of sp³-hybridized carbons (Fsp3) is 0.100. The molecular formula is C10H9FN2O2. The fourth-order valence-corrected chi connectivity index (χ4v) is 1.54. The molecule has 2 rings (SSSR count). The van der Waals surface area contributed by atoms with E-state index in [0.717, 1.165) is 0 Å². The maximum Gasteiger partial charge on any atom is 0.325 e. The highest BCUT2D eigenvalue weighted by atomic mass is 19.1. The first-order valence-electron chi connectivity index (χ1n) is 4.35. The van der Waals surface area contributed by atoms with E-state index in [1.54, 1.807) is 12.1 Å². The predicted molar refractivity (Wildman–Crippen MR) is 52.8 cm³/mol. The molecule has 0 unspecified atom stereocenters. The van der Waals surface area contributed by atoms with E-state index >= 15 is 0 Å². The summed E-state index contributed by atoms with van der Waals surface area (Å²) < 4.78 is 13.4. The molecule has 2 aromatic rings. The first-order valence-corrected chi connectivity index (χ1v) is 4.35. The van der Waals surface area contributed by atoms with E-state index in [1.165, 1.54) is 12.3 Å². The molecule has 0 amide bonds. The standard InChI is InChI=1S/C10H9FN2O2/c11-6-2-1-3-7-8(6)5(4-13-7)9(12)10(14)15/h1-4,9,13H,12H2,(H,14,15)/t9-/m1/s1. The molecule has 0 bridgehead atoms. The Labute approximate surface area is 84.5 Å². The summed E-state index contributed by atoms with van der Waals surface area (Å²) in [6.07, 6.45) is 1.42. The summed E-state index contributed by atoms with van der Waals surface area (Å²) in [5, 5.41) is 8.99. The van der Waals surface area contributed by atoms with Gasteiger partial charge in [0.05, 0.1) is 0 Å². The van der Waals surface area contributed by atoms with Gasteiger partial charge < -0.3 is 15.8 Å². The van der Waals surface area contributed by atoms with Crippen LogP contribution in [0.5, 0.6) is 0 Å². The van der Waals surface area contributed by atoms with E-state index in [4.69, 9.17) is 10.8 Å². The average Bonchev–Trinajstić information content (AvgIpc) is 2.61. The third-order valence-corrected chi connectivity index (χ3v) is 2.29. The Balaban J connectivity index is 2.67. The SMILES string of the molecule is N[C@@H](C(=O)O)c1c[nH]c2cccc(F)c12. The average molecular weight is 208 g/mol. The summed E-state index contributed by atoms with van der Waals surface area (Å²) >= 11 is 0. The highest BCUT2D eigenvalue weighted by Crippen LogP contribution is 2.25. The Morgan fingerprint density at radius 2 is 2.27 bits per heavy atom. The molecule has 0 radical (unpaired) electrons. The molecule has 0 saturated carbocycles. The van der Waals surface area contributed by atoms with Crippen molar-refractivity contribution in [3.05, 3.63) is 35.8 Å². The zero-order chi connectivity index (χ0) is 11.0. The van der Waals surface area contributed by atoms with Crippen LogP contribution in [0.15, 0.2) is 24.4 Å². The number of hydrogen-bond acceptors (Lipinski definition) is 2. The Hall–Kier alpha value is -1.88. The van der Waals surface area contributed by atoms with Crippen LogP contribution in [0.1, 0.15) is 11.6 Å². The number of nitrogens with two attached hydrogens (primary N) is 1. The van der Waals surface area contributed by atoms with Gasteiger partial charge in [-0.3, -0.25) is 4.79 Å². The minimum Gasteiger partial charge on any atom is -0.480 e. The van der Waals surface area contributed by atoms with Gasteiger partial charge in [-0.25, -0.2) is 4.39 Å². The zero-order valence-electron chi connectivity index (χ0n) is 7.70. The van der Waals surface area contributed by atoms with Gasteiger partial charge in [0.25, 0.3) is 0 Å². The molecule has 0 fully saturated rings. The smallest absolute Gasteiger partial charge is 0.325 e. The number of rotatable bonds is 2. The monoisotopic (exact) mass is 208 g/mol. The van der Waals surface area contributed by atoms with E-state index in [9.17, 15) is 9.18 Å². The van der Waals surface area contributed by atoms with Crippen LogP contribution in [0, 0.1) is 5.82 Å². The molecule has 1 atom stereocenters. The van der Waals surface area contributed by atoms with Crippen molar-refractivity contribution in [3.63, 3.8) is 0 Å². The second kappa shape index (κ2) is 3.36. The molecule has 78 valence electrons. The molecule has 5 heteroatoms. The topological polar surface area (TPSA) is 79.1 Å². The van der Waals surface area contributed by atoms with Crippen molar-refractivity contribution in [1.82, 2.24) is 4.98 Å². The second-order valence-electron chi connectivity index (χ2n) is 3.22. The van der Waals surface area contributed by atoms with Crippen molar-refractivity contribution >= 4 is 16.9 Å². The number of carboxylic acids is 1. The molecular weight excluding hydrogens is 199 g/mol. The van der Waals surface area contributed by atoms with Gasteiger partial charge in [-0.1, -0.05) is 6.07 Å². The van der Waals surface area contributed by atoms with Gasteiger partial charge in [0.1, 0.15) is 11.9 Å². The first-order chi connectivity index (χ1) is 7.11. The van der Waals surface area contributed by atoms with Crippen LogP contribution in [0.4, 0.5) is 4.39 Å². The van der Waals surface area contributed by atoms with Crippen LogP contribution in [0.25, 0.3) is 10.9 Å². The van der Waals surface area contributed by atoms with Gasteiger partial charge in [0, 0.05) is 22.7 Å². The second-order valence-corrected chi connectivity index (χ2v) is 3.22. The number of carboxylic acid groups (broad SMARTS) is 1. The van der Waals surface area contributed by atoms with Gasteiger partial charge in [0.15, 0.2) is 0 Å². The number of carbonyl (C=O) groups is 1. The minimum atomic E-state index is -1.21. The van der Waals surface area contributed by atoms with Crippen molar-refractivity contribution in [3.8, 4) is 0 Å².